The number of carbonyl (C=O) groups is 2. The summed E-state index contributed by atoms with van der Waals surface area (Å²) in [6.07, 6.45) is 7.09. The first kappa shape index (κ1) is 37.3. The number of aromatic amines is 1. The highest BCUT2D eigenvalue weighted by Crippen LogP contribution is 2.42. The molecule has 2 fully saturated rings. The monoisotopic (exact) mass is 798 g/mol. The molecule has 5 heterocycles. The van der Waals surface area contributed by atoms with E-state index in [2.05, 4.69) is 54.2 Å². The lowest BCUT2D eigenvalue weighted by Crippen LogP contribution is -2.36. The zero-order valence-corrected chi connectivity index (χ0v) is 34.1. The molecule has 0 saturated heterocycles. The Morgan fingerprint density at radius 3 is 2.32 bits per heavy atom. The van der Waals surface area contributed by atoms with Gasteiger partial charge in [0.05, 0.1) is 11.8 Å². The van der Waals surface area contributed by atoms with Crippen molar-refractivity contribution in [3.63, 3.8) is 0 Å². The molecule has 5 aromatic heterocycles. The van der Waals surface area contributed by atoms with Gasteiger partial charge < -0.3 is 29.7 Å². The maximum absolute atomic E-state index is 13.7. The molecule has 2 saturated carbocycles. The maximum atomic E-state index is 13.7. The molecule has 8 aromatic rings. The Morgan fingerprint density at radius 1 is 0.900 bits per heavy atom. The van der Waals surface area contributed by atoms with Crippen molar-refractivity contribution in [3.05, 3.63) is 130 Å². The van der Waals surface area contributed by atoms with Crippen molar-refractivity contribution < 1.29 is 9.59 Å². The van der Waals surface area contributed by atoms with E-state index >= 15 is 0 Å². The van der Waals surface area contributed by atoms with Crippen LogP contribution in [-0.4, -0.2) is 69.1 Å². The SMILES string of the molecule is CCn1c(C(=O)N(C2CC2)C2CC2)cc2c3c(ncn3C)c(Nc3cc(C)n(C)n3)nc21.O=C1c2ccccc2-c2c(NCCc3ccccc3)c(=O)[nH]c3cccc1c23. The van der Waals surface area contributed by atoms with Gasteiger partial charge in [-0.05, 0) is 69.2 Å². The van der Waals surface area contributed by atoms with Crippen LogP contribution in [0.5, 0.6) is 0 Å². The molecule has 1 amide bonds. The van der Waals surface area contributed by atoms with Gasteiger partial charge >= 0.3 is 0 Å². The van der Waals surface area contributed by atoms with Crippen molar-refractivity contribution in [3.8, 4) is 11.1 Å². The van der Waals surface area contributed by atoms with E-state index in [0.717, 1.165) is 87.9 Å². The Hall–Kier alpha value is -7.02. The average molecular weight is 799 g/mol. The second-order valence-electron chi connectivity index (χ2n) is 16.1. The predicted molar refractivity (Wildman–Crippen MR) is 235 cm³/mol. The molecule has 0 atom stereocenters. The van der Waals surface area contributed by atoms with Gasteiger partial charge in [0.25, 0.3) is 11.5 Å². The number of H-pyrrole nitrogens is 1. The normalized spacial score (nSPS) is 14.3. The second-order valence-corrected chi connectivity index (χ2v) is 16.1. The summed E-state index contributed by atoms with van der Waals surface area (Å²) in [4.78, 5) is 54.2. The number of aromatic nitrogens is 7. The molecule has 13 heteroatoms. The largest absolute Gasteiger partial charge is 0.380 e. The van der Waals surface area contributed by atoms with E-state index in [1.165, 1.54) is 5.56 Å². The number of hydrogen-bond acceptors (Lipinski definition) is 8. The van der Waals surface area contributed by atoms with Crippen molar-refractivity contribution in [2.45, 2.75) is 64.6 Å². The summed E-state index contributed by atoms with van der Waals surface area (Å²) in [7, 11) is 3.90. The van der Waals surface area contributed by atoms with Crippen molar-refractivity contribution in [2.75, 3.05) is 17.2 Å². The van der Waals surface area contributed by atoms with Gasteiger partial charge in [0, 0.05) is 84.0 Å². The Kier molecular flexibility index (Phi) is 9.11. The molecule has 3 aliphatic rings. The second kappa shape index (κ2) is 14.7. The predicted octanol–water partition coefficient (Wildman–Crippen LogP) is 7.89. The van der Waals surface area contributed by atoms with Crippen LogP contribution in [0.25, 0.3) is 44.1 Å². The molecule has 302 valence electrons. The van der Waals surface area contributed by atoms with E-state index in [-0.39, 0.29) is 17.2 Å². The average Bonchev–Trinajstić information content (AvgIpc) is 4.18. The molecule has 0 radical (unpaired) electrons. The van der Waals surface area contributed by atoms with Crippen LogP contribution in [0, 0.1) is 6.92 Å². The summed E-state index contributed by atoms with van der Waals surface area (Å²) in [5.74, 6) is 1.51. The summed E-state index contributed by atoms with van der Waals surface area (Å²) in [5, 5.41) is 13.0. The molecule has 3 aromatic carbocycles. The summed E-state index contributed by atoms with van der Waals surface area (Å²) in [5.41, 5.74) is 9.47. The standard InChI is InChI=1S/C24H18N2O2.C23H28N8O/c27-23-17-10-5-4-9-16(17)21-20-18(23)11-6-12-19(20)26-24(28)22(21)25-14-13-15-7-2-1-3-8-15;1-5-30-17(23(32)31(14-6-7-14)15-8-9-15)11-16-20-19(24-12-28(20)3)21(26-22(16)30)25-18-10-13(2)29(4)27-18/h1-12,25H,13-14H2,(H,26,28);10-12,14-15H,5-9H2,1-4H3,(H,25,26,27). The molecular weight excluding hydrogens is 753 g/mol. The van der Waals surface area contributed by atoms with Crippen LogP contribution in [0.15, 0.2) is 96.1 Å². The Bertz CT molecular complexity index is 3030. The number of nitrogens with zero attached hydrogens (tertiary/aromatic N) is 7. The first-order chi connectivity index (χ1) is 29.2. The lowest BCUT2D eigenvalue weighted by atomic mass is 9.83. The molecule has 13 nitrogen and oxygen atoms in total. The number of aryl methyl sites for hydroxylation is 4. The van der Waals surface area contributed by atoms with E-state index in [0.29, 0.717) is 53.3 Å². The third-order valence-electron chi connectivity index (χ3n) is 12.0. The Balaban J connectivity index is 0.000000146. The molecule has 0 bridgehead atoms. The number of ketones is 1. The van der Waals surface area contributed by atoms with Crippen LogP contribution < -0.4 is 16.2 Å². The molecule has 0 unspecified atom stereocenters. The number of pyridine rings is 2. The van der Waals surface area contributed by atoms with Gasteiger partial charge in [-0.1, -0.05) is 66.7 Å². The highest BCUT2D eigenvalue weighted by molar-refractivity contribution is 6.26. The smallest absolute Gasteiger partial charge is 0.272 e. The van der Waals surface area contributed by atoms with Gasteiger partial charge in [-0.15, -0.1) is 0 Å². The topological polar surface area (TPSA) is 148 Å². The van der Waals surface area contributed by atoms with Gasteiger partial charge in [-0.3, -0.25) is 19.1 Å². The summed E-state index contributed by atoms with van der Waals surface area (Å²) < 4.78 is 5.88. The summed E-state index contributed by atoms with van der Waals surface area (Å²) >= 11 is 0. The highest BCUT2D eigenvalue weighted by Gasteiger charge is 2.43. The van der Waals surface area contributed by atoms with Gasteiger partial charge in [0.15, 0.2) is 17.4 Å². The number of rotatable bonds is 10. The Labute approximate surface area is 346 Å². The maximum Gasteiger partial charge on any atom is 0.272 e. The first-order valence-electron chi connectivity index (χ1n) is 20.8. The summed E-state index contributed by atoms with van der Waals surface area (Å²) in [6, 6.07) is 28.0. The minimum absolute atomic E-state index is 0.00372. The van der Waals surface area contributed by atoms with Crippen LogP contribution in [0.3, 0.4) is 0 Å². The molecular formula is C47H46N10O3. The minimum atomic E-state index is -0.170. The number of anilines is 3. The zero-order valence-electron chi connectivity index (χ0n) is 34.1. The van der Waals surface area contributed by atoms with E-state index in [1.54, 1.807) is 6.33 Å². The van der Waals surface area contributed by atoms with Crippen molar-refractivity contribution in [1.82, 2.24) is 38.8 Å². The number of imidazole rings is 1. The van der Waals surface area contributed by atoms with Gasteiger partial charge in [-0.25, -0.2) is 9.97 Å². The quantitative estimate of drug-likeness (QED) is 0.127. The lowest BCUT2D eigenvalue weighted by Gasteiger charge is -2.22. The number of fused-ring (bicyclic) bond motifs is 5. The summed E-state index contributed by atoms with van der Waals surface area (Å²) in [6.45, 7) is 5.38. The number of nitrogens with one attached hydrogen (secondary N) is 3. The van der Waals surface area contributed by atoms with Crippen molar-refractivity contribution in [1.29, 1.82) is 0 Å². The molecule has 11 rings (SSSR count). The number of benzene rings is 3. The van der Waals surface area contributed by atoms with E-state index in [1.807, 2.05) is 103 Å². The van der Waals surface area contributed by atoms with E-state index in [4.69, 9.17) is 4.98 Å². The van der Waals surface area contributed by atoms with Crippen LogP contribution >= 0.6 is 0 Å². The third kappa shape index (κ3) is 6.41. The number of hydrogen-bond donors (Lipinski definition) is 3. The fourth-order valence-corrected chi connectivity index (χ4v) is 8.71. The van der Waals surface area contributed by atoms with E-state index < -0.39 is 0 Å². The van der Waals surface area contributed by atoms with Gasteiger partial charge in [-0.2, -0.15) is 5.10 Å². The first-order valence-corrected chi connectivity index (χ1v) is 20.8. The fourth-order valence-electron chi connectivity index (χ4n) is 8.71. The molecule has 60 heavy (non-hydrogen) atoms. The molecule has 0 spiro atoms. The molecule has 3 aliphatic carbocycles. The van der Waals surface area contributed by atoms with Crippen LogP contribution in [0.1, 0.15) is 70.3 Å². The lowest BCUT2D eigenvalue weighted by molar-refractivity contribution is 0.0719. The number of carbonyl (C=O) groups excluding carboxylic acids is 2. The van der Waals surface area contributed by atoms with Gasteiger partial charge in [0.2, 0.25) is 0 Å². The highest BCUT2D eigenvalue weighted by atomic mass is 16.2. The Morgan fingerprint density at radius 2 is 1.62 bits per heavy atom. The van der Waals surface area contributed by atoms with Crippen LogP contribution in [-0.2, 0) is 27.1 Å². The van der Waals surface area contributed by atoms with Crippen LogP contribution in [0.2, 0.25) is 0 Å². The zero-order chi connectivity index (χ0) is 41.2. The third-order valence-corrected chi connectivity index (χ3v) is 12.0. The fraction of sp³-hybridized carbons (Fsp3) is 0.277. The van der Waals surface area contributed by atoms with Crippen molar-refractivity contribution >= 4 is 62.0 Å². The van der Waals surface area contributed by atoms with Crippen molar-refractivity contribution in [2.24, 2.45) is 14.1 Å². The number of amides is 1. The van der Waals surface area contributed by atoms with Crippen LogP contribution in [0.4, 0.5) is 17.3 Å². The minimum Gasteiger partial charge on any atom is -0.380 e. The van der Waals surface area contributed by atoms with Gasteiger partial charge in [0.1, 0.15) is 22.5 Å². The molecule has 0 aliphatic heterocycles. The van der Waals surface area contributed by atoms with E-state index in [9.17, 15) is 14.4 Å². The molecule has 3 N–H and O–H groups in total.